The third-order valence-electron chi connectivity index (χ3n) is 4.07. The first-order chi connectivity index (χ1) is 12.4. The summed E-state index contributed by atoms with van der Waals surface area (Å²) in [5.41, 5.74) is 6.40. The number of anilines is 1. The molecule has 0 bridgehead atoms. The van der Waals surface area contributed by atoms with Crippen LogP contribution in [0.3, 0.4) is 0 Å². The normalized spacial score (nSPS) is 11.9. The van der Waals surface area contributed by atoms with Crippen LogP contribution >= 0.6 is 0 Å². The van der Waals surface area contributed by atoms with Crippen LogP contribution in [0.15, 0.2) is 30.5 Å². The molecule has 0 aliphatic heterocycles. The summed E-state index contributed by atoms with van der Waals surface area (Å²) >= 11 is 0. The molecular weight excluding hydrogens is 345 g/mol. The monoisotopic (exact) mass is 364 g/mol. The van der Waals surface area contributed by atoms with Crippen molar-refractivity contribution in [1.82, 2.24) is 20.2 Å². The number of aromatic nitrogens is 4. The van der Waals surface area contributed by atoms with Crippen molar-refractivity contribution < 1.29 is 13.2 Å². The molecular formula is C17H19F3N6. The fraction of sp³-hybridized carbons (Fsp3) is 0.353. The maximum atomic E-state index is 12.9. The number of nitrogens with zero attached hydrogens (tertiary/aromatic N) is 4. The second kappa shape index (κ2) is 7.28. The van der Waals surface area contributed by atoms with Crippen LogP contribution < -0.4 is 10.6 Å². The Kier molecular flexibility index (Phi) is 5.08. The first-order valence-electron chi connectivity index (χ1n) is 8.27. The van der Waals surface area contributed by atoms with Gasteiger partial charge >= 0.3 is 6.18 Å². The molecule has 0 spiro atoms. The lowest BCUT2D eigenvalue weighted by molar-refractivity contribution is -0.137. The van der Waals surface area contributed by atoms with E-state index in [4.69, 9.17) is 5.73 Å². The van der Waals surface area contributed by atoms with E-state index in [-0.39, 0.29) is 0 Å². The molecule has 0 saturated heterocycles. The topological polar surface area (TPSA) is 83.7 Å². The highest BCUT2D eigenvalue weighted by atomic mass is 19.4. The molecule has 3 rings (SSSR count). The van der Waals surface area contributed by atoms with Gasteiger partial charge in [0.25, 0.3) is 0 Å². The number of hydrogen-bond donors (Lipinski definition) is 2. The van der Waals surface area contributed by atoms with Gasteiger partial charge in [-0.3, -0.25) is 5.10 Å². The highest BCUT2D eigenvalue weighted by Gasteiger charge is 2.30. The van der Waals surface area contributed by atoms with Gasteiger partial charge in [-0.2, -0.15) is 18.3 Å². The van der Waals surface area contributed by atoms with Gasteiger partial charge in [0, 0.05) is 18.7 Å². The Morgan fingerprint density at radius 1 is 1.27 bits per heavy atom. The number of nitrogens with one attached hydrogen (secondary N) is 1. The number of H-pyrrole nitrogens is 1. The van der Waals surface area contributed by atoms with Gasteiger partial charge in [0.2, 0.25) is 5.65 Å². The highest BCUT2D eigenvalue weighted by molar-refractivity contribution is 5.88. The first kappa shape index (κ1) is 18.1. The van der Waals surface area contributed by atoms with E-state index in [1.54, 1.807) is 12.3 Å². The largest absolute Gasteiger partial charge is 0.416 e. The van der Waals surface area contributed by atoms with E-state index in [0.29, 0.717) is 34.8 Å². The summed E-state index contributed by atoms with van der Waals surface area (Å²) < 4.78 is 38.8. The molecule has 26 heavy (non-hydrogen) atoms. The van der Waals surface area contributed by atoms with E-state index in [1.807, 2.05) is 11.8 Å². The summed E-state index contributed by atoms with van der Waals surface area (Å²) in [7, 11) is 0. The Morgan fingerprint density at radius 3 is 2.77 bits per heavy atom. The summed E-state index contributed by atoms with van der Waals surface area (Å²) in [6.45, 7) is 4.07. The zero-order valence-corrected chi connectivity index (χ0v) is 14.2. The summed E-state index contributed by atoms with van der Waals surface area (Å²) in [4.78, 5) is 10.9. The van der Waals surface area contributed by atoms with Crippen molar-refractivity contribution in [3.8, 4) is 11.3 Å². The second-order valence-corrected chi connectivity index (χ2v) is 5.80. The van der Waals surface area contributed by atoms with Crippen molar-refractivity contribution in [2.45, 2.75) is 19.5 Å². The number of alkyl halides is 3. The maximum Gasteiger partial charge on any atom is 0.416 e. The van der Waals surface area contributed by atoms with Crippen LogP contribution in [0.4, 0.5) is 19.0 Å². The van der Waals surface area contributed by atoms with Gasteiger partial charge < -0.3 is 10.6 Å². The zero-order valence-electron chi connectivity index (χ0n) is 14.2. The minimum Gasteiger partial charge on any atom is -0.355 e. The number of nitrogens with two attached hydrogens (primary N) is 1. The Morgan fingerprint density at radius 2 is 2.08 bits per heavy atom. The summed E-state index contributed by atoms with van der Waals surface area (Å²) in [6.07, 6.45) is -1.98. The van der Waals surface area contributed by atoms with Crippen molar-refractivity contribution in [1.29, 1.82) is 0 Å². The molecule has 2 heterocycles. The quantitative estimate of drug-likeness (QED) is 0.702. The number of rotatable bonds is 6. The maximum absolute atomic E-state index is 12.9. The van der Waals surface area contributed by atoms with Crippen molar-refractivity contribution >= 4 is 17.0 Å². The standard InChI is InChI=1S/C17H19F3N6/c1-2-26(8-4-7-21)13-10-22-15-14(24-25-16(15)23-13)11-5-3-6-12(9-11)17(18,19)20/h3,5-6,9-10H,2,4,7-8,21H2,1H3,(H,23,24,25). The molecule has 0 aliphatic rings. The van der Waals surface area contributed by atoms with Crippen LogP contribution in [0.5, 0.6) is 0 Å². The Labute approximate surface area is 148 Å². The van der Waals surface area contributed by atoms with E-state index >= 15 is 0 Å². The third kappa shape index (κ3) is 3.62. The summed E-state index contributed by atoms with van der Waals surface area (Å²) in [5, 5.41) is 6.87. The van der Waals surface area contributed by atoms with Gasteiger partial charge in [-0.15, -0.1) is 0 Å². The Hall–Kier alpha value is -2.68. The average Bonchev–Trinajstić information content (AvgIpc) is 3.05. The molecule has 0 aliphatic carbocycles. The first-order valence-corrected chi connectivity index (χ1v) is 8.27. The van der Waals surface area contributed by atoms with E-state index in [2.05, 4.69) is 20.2 Å². The number of benzene rings is 1. The molecule has 0 amide bonds. The molecule has 0 radical (unpaired) electrons. The molecule has 138 valence electrons. The molecule has 0 saturated carbocycles. The van der Waals surface area contributed by atoms with Crippen molar-refractivity contribution in [3.63, 3.8) is 0 Å². The Balaban J connectivity index is 1.97. The molecule has 0 fully saturated rings. The molecule has 6 nitrogen and oxygen atoms in total. The number of halogens is 3. The van der Waals surface area contributed by atoms with Gasteiger partial charge in [-0.05, 0) is 32.0 Å². The molecule has 0 unspecified atom stereocenters. The zero-order chi connectivity index (χ0) is 18.7. The van der Waals surface area contributed by atoms with Crippen molar-refractivity contribution in [2.75, 3.05) is 24.5 Å². The van der Waals surface area contributed by atoms with Gasteiger partial charge in [-0.1, -0.05) is 12.1 Å². The fourth-order valence-corrected chi connectivity index (χ4v) is 2.71. The van der Waals surface area contributed by atoms with E-state index < -0.39 is 11.7 Å². The Bertz CT molecular complexity index is 890. The van der Waals surface area contributed by atoms with Crippen LogP contribution in [0, 0.1) is 0 Å². The van der Waals surface area contributed by atoms with Crippen LogP contribution in [0.2, 0.25) is 0 Å². The SMILES string of the molecule is CCN(CCCN)c1cnc2c(-c3cccc(C(F)(F)F)c3)[nH]nc2n1. The number of hydrogen-bond acceptors (Lipinski definition) is 5. The lowest BCUT2D eigenvalue weighted by Gasteiger charge is -2.20. The van der Waals surface area contributed by atoms with Gasteiger partial charge in [0.15, 0.2) is 0 Å². The predicted octanol–water partition coefficient (Wildman–Crippen LogP) is 3.21. The van der Waals surface area contributed by atoms with Crippen LogP contribution in [0.25, 0.3) is 22.4 Å². The molecule has 1 aromatic carbocycles. The summed E-state index contributed by atoms with van der Waals surface area (Å²) in [5.74, 6) is 0.663. The van der Waals surface area contributed by atoms with Crippen LogP contribution in [-0.2, 0) is 6.18 Å². The van der Waals surface area contributed by atoms with Crippen molar-refractivity contribution in [2.24, 2.45) is 5.73 Å². The van der Waals surface area contributed by atoms with Crippen LogP contribution in [-0.4, -0.2) is 39.8 Å². The highest BCUT2D eigenvalue weighted by Crippen LogP contribution is 2.33. The lowest BCUT2D eigenvalue weighted by Crippen LogP contribution is -2.26. The molecule has 0 atom stereocenters. The number of fused-ring (bicyclic) bond motifs is 1. The molecule has 3 aromatic rings. The van der Waals surface area contributed by atoms with E-state index in [9.17, 15) is 13.2 Å². The summed E-state index contributed by atoms with van der Waals surface area (Å²) in [6, 6.07) is 5.04. The van der Waals surface area contributed by atoms with E-state index in [1.165, 1.54) is 6.07 Å². The second-order valence-electron chi connectivity index (χ2n) is 5.80. The number of aromatic amines is 1. The van der Waals surface area contributed by atoms with Gasteiger partial charge in [-0.25, -0.2) is 9.97 Å². The average molecular weight is 364 g/mol. The molecule has 2 aromatic heterocycles. The van der Waals surface area contributed by atoms with Gasteiger partial charge in [0.1, 0.15) is 11.3 Å². The minimum atomic E-state index is -4.41. The van der Waals surface area contributed by atoms with Crippen LogP contribution in [0.1, 0.15) is 18.9 Å². The lowest BCUT2D eigenvalue weighted by atomic mass is 10.1. The van der Waals surface area contributed by atoms with Crippen molar-refractivity contribution in [3.05, 3.63) is 36.0 Å². The fourth-order valence-electron chi connectivity index (χ4n) is 2.71. The van der Waals surface area contributed by atoms with Gasteiger partial charge in [0.05, 0.1) is 17.5 Å². The molecule has 3 N–H and O–H groups in total. The smallest absolute Gasteiger partial charge is 0.355 e. The minimum absolute atomic E-state index is 0.361. The predicted molar refractivity (Wildman–Crippen MR) is 93.7 cm³/mol. The van der Waals surface area contributed by atoms with E-state index in [0.717, 1.165) is 31.6 Å². The molecule has 9 heteroatoms. The third-order valence-corrected chi connectivity index (χ3v) is 4.07.